The van der Waals surface area contributed by atoms with Gasteiger partial charge in [0.2, 0.25) is 0 Å². The number of aromatic nitrogens is 2. The summed E-state index contributed by atoms with van der Waals surface area (Å²) in [5.74, 6) is -0.691. The summed E-state index contributed by atoms with van der Waals surface area (Å²) in [4.78, 5) is 19.6. The summed E-state index contributed by atoms with van der Waals surface area (Å²) in [6, 6.07) is 2.67. The van der Waals surface area contributed by atoms with Gasteiger partial charge in [-0.05, 0) is 25.1 Å². The zero-order valence-corrected chi connectivity index (χ0v) is 11.5. The second-order valence-electron chi connectivity index (χ2n) is 4.19. The first-order valence-corrected chi connectivity index (χ1v) is 6.12. The lowest BCUT2D eigenvalue weighted by atomic mass is 10.2. The SMILES string of the molecule is Cc1cnc(C(=O)Nc2cc(C(F)(F)F)ccc2Cl)cn1. The number of rotatable bonds is 2. The lowest BCUT2D eigenvalue weighted by Crippen LogP contribution is -2.15. The van der Waals surface area contributed by atoms with Crippen molar-refractivity contribution in [3.8, 4) is 0 Å². The summed E-state index contributed by atoms with van der Waals surface area (Å²) in [5, 5.41) is 2.28. The molecule has 0 atom stereocenters. The standard InChI is InChI=1S/C13H9ClF3N3O/c1-7-5-19-11(6-18-7)12(21)20-10-4-8(13(15,16)17)2-3-9(10)14/h2-6H,1H3,(H,20,21). The molecule has 0 saturated carbocycles. The van der Waals surface area contributed by atoms with Crippen LogP contribution in [0.25, 0.3) is 0 Å². The first-order chi connectivity index (χ1) is 9.77. The zero-order chi connectivity index (χ0) is 15.6. The fourth-order valence-electron chi connectivity index (χ4n) is 1.49. The number of carbonyl (C=O) groups excluding carboxylic acids is 1. The van der Waals surface area contributed by atoms with E-state index in [9.17, 15) is 18.0 Å². The van der Waals surface area contributed by atoms with E-state index in [0.717, 1.165) is 18.2 Å². The van der Waals surface area contributed by atoms with Crippen LogP contribution in [0, 0.1) is 6.92 Å². The molecule has 1 aromatic heterocycles. The van der Waals surface area contributed by atoms with Crippen molar-refractivity contribution in [2.75, 3.05) is 5.32 Å². The van der Waals surface area contributed by atoms with Crippen LogP contribution in [0.3, 0.4) is 0 Å². The van der Waals surface area contributed by atoms with E-state index >= 15 is 0 Å². The van der Waals surface area contributed by atoms with E-state index in [1.54, 1.807) is 6.92 Å². The molecule has 0 spiro atoms. The largest absolute Gasteiger partial charge is 0.416 e. The van der Waals surface area contributed by atoms with Gasteiger partial charge in [0.1, 0.15) is 5.69 Å². The Labute approximate surface area is 123 Å². The van der Waals surface area contributed by atoms with Crippen LogP contribution in [-0.2, 0) is 6.18 Å². The molecule has 0 unspecified atom stereocenters. The topological polar surface area (TPSA) is 54.9 Å². The minimum Gasteiger partial charge on any atom is -0.319 e. The van der Waals surface area contributed by atoms with Gasteiger partial charge in [0.25, 0.3) is 5.91 Å². The van der Waals surface area contributed by atoms with Gasteiger partial charge in [0.05, 0.1) is 28.2 Å². The predicted molar refractivity (Wildman–Crippen MR) is 71.2 cm³/mol. The minimum absolute atomic E-state index is 0.00331. The maximum Gasteiger partial charge on any atom is 0.416 e. The van der Waals surface area contributed by atoms with Crippen molar-refractivity contribution in [1.29, 1.82) is 0 Å². The van der Waals surface area contributed by atoms with E-state index < -0.39 is 17.6 Å². The molecule has 0 saturated heterocycles. The number of nitrogens with one attached hydrogen (secondary N) is 1. The fourth-order valence-corrected chi connectivity index (χ4v) is 1.66. The number of halogens is 4. The van der Waals surface area contributed by atoms with Crippen LogP contribution in [0.1, 0.15) is 21.7 Å². The molecule has 0 bridgehead atoms. The molecule has 110 valence electrons. The second kappa shape index (κ2) is 5.69. The Morgan fingerprint density at radius 2 is 1.95 bits per heavy atom. The van der Waals surface area contributed by atoms with Crippen molar-refractivity contribution >= 4 is 23.2 Å². The van der Waals surface area contributed by atoms with Crippen LogP contribution in [-0.4, -0.2) is 15.9 Å². The highest BCUT2D eigenvalue weighted by Crippen LogP contribution is 2.33. The lowest BCUT2D eigenvalue weighted by molar-refractivity contribution is -0.137. The Morgan fingerprint density at radius 1 is 1.24 bits per heavy atom. The van der Waals surface area contributed by atoms with Crippen molar-refractivity contribution in [2.24, 2.45) is 0 Å². The number of anilines is 1. The van der Waals surface area contributed by atoms with Crippen LogP contribution in [0.2, 0.25) is 5.02 Å². The summed E-state index contributed by atoms with van der Waals surface area (Å²) >= 11 is 5.78. The number of aryl methyl sites for hydroxylation is 1. The fraction of sp³-hybridized carbons (Fsp3) is 0.154. The molecule has 8 heteroatoms. The maximum absolute atomic E-state index is 12.6. The molecule has 0 aliphatic heterocycles. The Morgan fingerprint density at radius 3 is 2.52 bits per heavy atom. The Bertz CT molecular complexity index is 671. The van der Waals surface area contributed by atoms with E-state index in [1.807, 2.05) is 0 Å². The normalized spacial score (nSPS) is 11.3. The number of hydrogen-bond donors (Lipinski definition) is 1. The lowest BCUT2D eigenvalue weighted by Gasteiger charge is -2.11. The van der Waals surface area contributed by atoms with Crippen molar-refractivity contribution < 1.29 is 18.0 Å². The Kier molecular flexibility index (Phi) is 4.13. The van der Waals surface area contributed by atoms with Gasteiger partial charge in [-0.25, -0.2) is 4.98 Å². The summed E-state index contributed by atoms with van der Waals surface area (Å²) in [6.45, 7) is 1.69. The van der Waals surface area contributed by atoms with E-state index in [4.69, 9.17) is 11.6 Å². The van der Waals surface area contributed by atoms with Gasteiger partial charge in [-0.1, -0.05) is 11.6 Å². The first-order valence-electron chi connectivity index (χ1n) is 5.74. The first kappa shape index (κ1) is 15.2. The summed E-state index contributed by atoms with van der Waals surface area (Å²) < 4.78 is 37.9. The quantitative estimate of drug-likeness (QED) is 0.919. The maximum atomic E-state index is 12.6. The predicted octanol–water partition coefficient (Wildman–Crippen LogP) is 3.71. The van der Waals surface area contributed by atoms with Crippen molar-refractivity contribution in [3.05, 3.63) is 52.6 Å². The molecule has 1 aromatic carbocycles. The van der Waals surface area contributed by atoms with E-state index in [0.29, 0.717) is 5.69 Å². The monoisotopic (exact) mass is 315 g/mol. The van der Waals surface area contributed by atoms with Crippen LogP contribution in [0.5, 0.6) is 0 Å². The highest BCUT2D eigenvalue weighted by atomic mass is 35.5. The molecule has 0 radical (unpaired) electrons. The molecule has 0 fully saturated rings. The molecule has 1 N–H and O–H groups in total. The third kappa shape index (κ3) is 3.69. The van der Waals surface area contributed by atoms with Gasteiger partial charge in [0.15, 0.2) is 0 Å². The number of amides is 1. The number of alkyl halides is 3. The highest BCUT2D eigenvalue weighted by molar-refractivity contribution is 6.33. The highest BCUT2D eigenvalue weighted by Gasteiger charge is 2.31. The Hall–Kier alpha value is -2.15. The molecule has 2 rings (SSSR count). The van der Waals surface area contributed by atoms with Crippen molar-refractivity contribution in [2.45, 2.75) is 13.1 Å². The van der Waals surface area contributed by atoms with Gasteiger partial charge in [-0.15, -0.1) is 0 Å². The summed E-state index contributed by atoms with van der Waals surface area (Å²) in [5.41, 5.74) is -0.450. The summed E-state index contributed by atoms with van der Waals surface area (Å²) in [6.07, 6.45) is -1.91. The average molecular weight is 316 g/mol. The molecule has 21 heavy (non-hydrogen) atoms. The second-order valence-corrected chi connectivity index (χ2v) is 4.60. The molecule has 2 aromatic rings. The number of hydrogen-bond acceptors (Lipinski definition) is 3. The number of nitrogens with zero attached hydrogens (tertiary/aromatic N) is 2. The van der Waals surface area contributed by atoms with E-state index in [-0.39, 0.29) is 16.4 Å². The van der Waals surface area contributed by atoms with Crippen LogP contribution in [0.15, 0.2) is 30.6 Å². The van der Waals surface area contributed by atoms with Crippen molar-refractivity contribution in [1.82, 2.24) is 9.97 Å². The van der Waals surface area contributed by atoms with Gasteiger partial charge >= 0.3 is 6.18 Å². The van der Waals surface area contributed by atoms with Gasteiger partial charge in [0, 0.05) is 6.20 Å². The molecule has 0 aliphatic rings. The molecule has 0 aliphatic carbocycles. The molecule has 4 nitrogen and oxygen atoms in total. The molecule has 1 amide bonds. The zero-order valence-electron chi connectivity index (χ0n) is 10.7. The minimum atomic E-state index is -4.52. The van der Waals surface area contributed by atoms with Gasteiger partial charge in [-0.2, -0.15) is 13.2 Å². The van der Waals surface area contributed by atoms with Gasteiger partial charge in [-0.3, -0.25) is 9.78 Å². The number of carbonyl (C=O) groups is 1. The van der Waals surface area contributed by atoms with E-state index in [2.05, 4.69) is 15.3 Å². The Balaban J connectivity index is 2.26. The van der Waals surface area contributed by atoms with E-state index in [1.165, 1.54) is 12.4 Å². The smallest absolute Gasteiger partial charge is 0.319 e. The third-order valence-corrected chi connectivity index (χ3v) is 2.89. The van der Waals surface area contributed by atoms with Crippen molar-refractivity contribution in [3.63, 3.8) is 0 Å². The van der Waals surface area contributed by atoms with Crippen LogP contribution >= 0.6 is 11.6 Å². The molecule has 1 heterocycles. The average Bonchev–Trinajstić information content (AvgIpc) is 2.40. The van der Waals surface area contributed by atoms with Crippen LogP contribution < -0.4 is 5.32 Å². The molecular formula is C13H9ClF3N3O. The third-order valence-electron chi connectivity index (χ3n) is 2.56. The molecular weight excluding hydrogens is 307 g/mol. The summed E-state index contributed by atoms with van der Waals surface area (Å²) in [7, 11) is 0. The van der Waals surface area contributed by atoms with Gasteiger partial charge < -0.3 is 5.32 Å². The van der Waals surface area contributed by atoms with Crippen LogP contribution in [0.4, 0.5) is 18.9 Å². The number of benzene rings is 1.